The molecule has 0 aliphatic carbocycles. The van der Waals surface area contributed by atoms with Crippen LogP contribution < -0.4 is 5.73 Å². The average molecular weight is 423 g/mol. The highest BCUT2D eigenvalue weighted by atomic mass is 19.1. The van der Waals surface area contributed by atoms with Gasteiger partial charge in [-0.2, -0.15) is 15.3 Å². The number of halogens is 1. The number of anilines is 1. The van der Waals surface area contributed by atoms with Crippen molar-refractivity contribution in [1.82, 2.24) is 24.4 Å². The van der Waals surface area contributed by atoms with Gasteiger partial charge in [0.1, 0.15) is 5.82 Å². The minimum atomic E-state index is -0.338. The molecule has 2 N–H and O–H groups in total. The highest BCUT2D eigenvalue weighted by molar-refractivity contribution is 5.75. The Kier molecular flexibility index (Phi) is 4.64. The molecule has 8 heteroatoms. The van der Waals surface area contributed by atoms with Crippen molar-refractivity contribution < 1.29 is 4.39 Å². The lowest BCUT2D eigenvalue weighted by molar-refractivity contribution is 0.564. The standard InChI is InChI=1S/C24H18FN7/c1-15(17-7-5-16(12-26)6-8-17)32-14-19(13-28-32)21-4-2-3-20(23(21)25)18-9-10-31-22(11-18)29-24(27)30-31/h2-11,13-15H,1H3,(H2,27,30)/t15-/m0/s1. The molecule has 0 saturated carbocycles. The van der Waals surface area contributed by atoms with Crippen molar-refractivity contribution in [3.05, 3.63) is 90.1 Å². The Morgan fingerprint density at radius 2 is 1.81 bits per heavy atom. The molecule has 0 saturated heterocycles. The van der Waals surface area contributed by atoms with Crippen LogP contribution in [-0.4, -0.2) is 24.4 Å². The predicted molar refractivity (Wildman–Crippen MR) is 119 cm³/mol. The molecule has 32 heavy (non-hydrogen) atoms. The molecule has 7 nitrogen and oxygen atoms in total. The third kappa shape index (κ3) is 3.36. The molecule has 3 aromatic heterocycles. The van der Waals surface area contributed by atoms with E-state index in [0.717, 1.165) is 5.56 Å². The molecular formula is C24H18FN7. The molecule has 0 aliphatic rings. The largest absolute Gasteiger partial charge is 0.366 e. The fraction of sp³-hybridized carbons (Fsp3) is 0.0833. The van der Waals surface area contributed by atoms with Crippen molar-refractivity contribution in [3.8, 4) is 28.3 Å². The Labute approximate surface area is 183 Å². The third-order valence-corrected chi connectivity index (χ3v) is 5.50. The Morgan fingerprint density at radius 3 is 2.56 bits per heavy atom. The number of aromatic nitrogens is 5. The van der Waals surface area contributed by atoms with E-state index in [-0.39, 0.29) is 17.8 Å². The van der Waals surface area contributed by atoms with Crippen LogP contribution in [-0.2, 0) is 0 Å². The summed E-state index contributed by atoms with van der Waals surface area (Å²) in [6.07, 6.45) is 5.19. The zero-order valence-corrected chi connectivity index (χ0v) is 17.1. The summed E-state index contributed by atoms with van der Waals surface area (Å²) in [6, 6.07) is 18.2. The van der Waals surface area contributed by atoms with E-state index >= 15 is 4.39 Å². The zero-order valence-electron chi connectivity index (χ0n) is 17.1. The zero-order chi connectivity index (χ0) is 22.2. The summed E-state index contributed by atoms with van der Waals surface area (Å²) in [4.78, 5) is 4.15. The normalized spacial score (nSPS) is 12.0. The minimum Gasteiger partial charge on any atom is -0.366 e. The van der Waals surface area contributed by atoms with Gasteiger partial charge in [0.05, 0.1) is 23.9 Å². The SMILES string of the molecule is C[C@@H](c1ccc(C#N)cc1)n1cc(-c2cccc(-c3ccn4nc(N)nc4c3)c2F)cn1. The second-order valence-corrected chi connectivity index (χ2v) is 7.47. The van der Waals surface area contributed by atoms with Gasteiger partial charge in [0.2, 0.25) is 5.95 Å². The molecule has 0 bridgehead atoms. The minimum absolute atomic E-state index is 0.0662. The lowest BCUT2D eigenvalue weighted by atomic mass is 10.00. The summed E-state index contributed by atoms with van der Waals surface area (Å²) in [7, 11) is 0. The van der Waals surface area contributed by atoms with Crippen LogP contribution in [0.3, 0.4) is 0 Å². The van der Waals surface area contributed by atoms with Crippen LogP contribution in [0.1, 0.15) is 24.1 Å². The van der Waals surface area contributed by atoms with E-state index in [9.17, 15) is 0 Å². The van der Waals surface area contributed by atoms with E-state index in [0.29, 0.717) is 33.5 Å². The number of hydrogen-bond acceptors (Lipinski definition) is 5. The number of pyridine rings is 1. The molecule has 0 amide bonds. The quantitative estimate of drug-likeness (QED) is 0.460. The number of benzene rings is 2. The van der Waals surface area contributed by atoms with Crippen molar-refractivity contribution in [3.63, 3.8) is 0 Å². The molecule has 0 fully saturated rings. The van der Waals surface area contributed by atoms with Crippen LogP contribution in [0.4, 0.5) is 10.3 Å². The molecule has 0 aliphatic heterocycles. The molecule has 5 rings (SSSR count). The van der Waals surface area contributed by atoms with Gasteiger partial charge in [0.25, 0.3) is 0 Å². The summed E-state index contributed by atoms with van der Waals surface area (Å²) in [5, 5.41) is 17.5. The van der Waals surface area contributed by atoms with E-state index in [1.165, 1.54) is 0 Å². The lowest BCUT2D eigenvalue weighted by Gasteiger charge is -2.12. The van der Waals surface area contributed by atoms with Crippen LogP contribution in [0, 0.1) is 17.1 Å². The first kappa shape index (κ1) is 19.5. The van der Waals surface area contributed by atoms with Crippen molar-refractivity contribution in [2.45, 2.75) is 13.0 Å². The Hall–Kier alpha value is -4.51. The Balaban J connectivity index is 1.49. The van der Waals surface area contributed by atoms with Gasteiger partial charge in [-0.3, -0.25) is 4.68 Å². The number of nitriles is 1. The highest BCUT2D eigenvalue weighted by Gasteiger charge is 2.16. The number of nitrogens with zero attached hydrogens (tertiary/aromatic N) is 6. The van der Waals surface area contributed by atoms with Gasteiger partial charge in [0, 0.05) is 29.1 Å². The molecule has 0 radical (unpaired) electrons. The average Bonchev–Trinajstić information content (AvgIpc) is 3.44. The maximum absolute atomic E-state index is 15.5. The predicted octanol–water partition coefficient (Wildman–Crippen LogP) is 4.46. The number of fused-ring (bicyclic) bond motifs is 1. The molecule has 3 heterocycles. The number of rotatable bonds is 4. The molecule has 5 aromatic rings. The van der Waals surface area contributed by atoms with Gasteiger partial charge < -0.3 is 5.73 Å². The monoisotopic (exact) mass is 423 g/mol. The summed E-state index contributed by atoms with van der Waals surface area (Å²) < 4.78 is 18.9. The van der Waals surface area contributed by atoms with E-state index < -0.39 is 0 Å². The summed E-state index contributed by atoms with van der Waals surface area (Å²) in [5.41, 5.74) is 10.1. The van der Waals surface area contributed by atoms with Crippen molar-refractivity contribution in [2.24, 2.45) is 0 Å². The Bertz CT molecular complexity index is 1470. The Morgan fingerprint density at radius 1 is 1.06 bits per heavy atom. The van der Waals surface area contributed by atoms with Crippen molar-refractivity contribution in [1.29, 1.82) is 5.26 Å². The molecule has 0 spiro atoms. The van der Waals surface area contributed by atoms with Crippen LogP contribution in [0.2, 0.25) is 0 Å². The van der Waals surface area contributed by atoms with Crippen LogP contribution in [0.15, 0.2) is 73.2 Å². The van der Waals surface area contributed by atoms with Crippen molar-refractivity contribution in [2.75, 3.05) is 5.73 Å². The number of nitrogen functional groups attached to an aromatic ring is 1. The second-order valence-electron chi connectivity index (χ2n) is 7.47. The van der Waals surface area contributed by atoms with E-state index in [1.807, 2.05) is 31.3 Å². The van der Waals surface area contributed by atoms with Crippen LogP contribution in [0.25, 0.3) is 27.9 Å². The molecule has 1 atom stereocenters. The first-order chi connectivity index (χ1) is 15.5. The maximum Gasteiger partial charge on any atom is 0.240 e. The first-order valence-corrected chi connectivity index (χ1v) is 9.99. The van der Waals surface area contributed by atoms with Gasteiger partial charge in [-0.15, -0.1) is 5.10 Å². The van der Waals surface area contributed by atoms with Gasteiger partial charge in [-0.25, -0.2) is 8.91 Å². The second kappa shape index (κ2) is 7.63. The van der Waals surface area contributed by atoms with Gasteiger partial charge in [-0.05, 0) is 42.3 Å². The molecule has 156 valence electrons. The third-order valence-electron chi connectivity index (χ3n) is 5.50. The fourth-order valence-corrected chi connectivity index (χ4v) is 3.72. The van der Waals surface area contributed by atoms with E-state index in [4.69, 9.17) is 11.0 Å². The van der Waals surface area contributed by atoms with Gasteiger partial charge in [-0.1, -0.05) is 30.3 Å². The first-order valence-electron chi connectivity index (χ1n) is 9.99. The topological polar surface area (TPSA) is 97.8 Å². The maximum atomic E-state index is 15.5. The number of nitrogens with two attached hydrogens (primary N) is 1. The van der Waals surface area contributed by atoms with E-state index in [2.05, 4.69) is 21.3 Å². The van der Waals surface area contributed by atoms with Gasteiger partial charge in [0.15, 0.2) is 5.65 Å². The lowest BCUT2D eigenvalue weighted by Crippen LogP contribution is -2.06. The van der Waals surface area contributed by atoms with Crippen LogP contribution >= 0.6 is 0 Å². The molecule has 0 unspecified atom stereocenters. The summed E-state index contributed by atoms with van der Waals surface area (Å²) >= 11 is 0. The van der Waals surface area contributed by atoms with Crippen molar-refractivity contribution >= 4 is 11.6 Å². The highest BCUT2D eigenvalue weighted by Crippen LogP contribution is 2.32. The van der Waals surface area contributed by atoms with Crippen LogP contribution in [0.5, 0.6) is 0 Å². The molecule has 2 aromatic carbocycles. The molecular weight excluding hydrogens is 405 g/mol. The summed E-state index contributed by atoms with van der Waals surface area (Å²) in [6.45, 7) is 2.00. The van der Waals surface area contributed by atoms with Gasteiger partial charge >= 0.3 is 0 Å². The number of hydrogen-bond donors (Lipinski definition) is 1. The van der Waals surface area contributed by atoms with E-state index in [1.54, 1.807) is 58.0 Å². The fourth-order valence-electron chi connectivity index (χ4n) is 3.72. The smallest absolute Gasteiger partial charge is 0.240 e. The summed E-state index contributed by atoms with van der Waals surface area (Å²) in [5.74, 6) is -0.171.